The second-order valence-electron chi connectivity index (χ2n) is 3.86. The molecule has 1 rings (SSSR count). The highest BCUT2D eigenvalue weighted by Gasteiger charge is 2.17. The molecule has 1 nitrogen and oxygen atoms in total. The minimum absolute atomic E-state index is 0.472. The summed E-state index contributed by atoms with van der Waals surface area (Å²) in [5.74, 6) is 0. The van der Waals surface area contributed by atoms with Crippen molar-refractivity contribution in [3.05, 3.63) is 12.2 Å². The van der Waals surface area contributed by atoms with Gasteiger partial charge in [-0.05, 0) is 12.8 Å². The van der Waals surface area contributed by atoms with Crippen molar-refractivity contribution in [2.24, 2.45) is 0 Å². The Hall–Kier alpha value is -0.300. The quantitative estimate of drug-likeness (QED) is 0.317. The van der Waals surface area contributed by atoms with Gasteiger partial charge in [0.25, 0.3) is 0 Å². The topological polar surface area (TPSA) is 12.5 Å². The van der Waals surface area contributed by atoms with E-state index in [2.05, 4.69) is 19.1 Å². The maximum atomic E-state index is 5.08. The van der Waals surface area contributed by atoms with E-state index in [0.717, 1.165) is 6.61 Å². The Kier molecular flexibility index (Phi) is 5.92. The predicted molar refractivity (Wildman–Crippen MR) is 56.9 cm³/mol. The van der Waals surface area contributed by atoms with Crippen LogP contribution < -0.4 is 0 Å². The average Bonchev–Trinajstić information content (AvgIpc) is 2.93. The molecule has 13 heavy (non-hydrogen) atoms. The molecule has 0 saturated carbocycles. The molecular weight excluding hydrogens is 160 g/mol. The minimum atomic E-state index is 0.472. The van der Waals surface area contributed by atoms with Gasteiger partial charge in [-0.3, -0.25) is 0 Å². The van der Waals surface area contributed by atoms with Crippen molar-refractivity contribution in [2.75, 3.05) is 6.61 Å². The lowest BCUT2D eigenvalue weighted by atomic mass is 10.1. The smallest absolute Gasteiger partial charge is 0.0991 e. The minimum Gasteiger partial charge on any atom is -0.369 e. The molecule has 76 valence electrons. The molecule has 0 aromatic carbocycles. The van der Waals surface area contributed by atoms with Gasteiger partial charge >= 0.3 is 0 Å². The SMILES string of the molecule is CCCCCCCC/C=C/C1CO1. The third kappa shape index (κ3) is 6.83. The van der Waals surface area contributed by atoms with Crippen molar-refractivity contribution in [3.63, 3.8) is 0 Å². The normalized spacial score (nSPS) is 21.2. The van der Waals surface area contributed by atoms with Crippen LogP contribution in [0.5, 0.6) is 0 Å². The maximum absolute atomic E-state index is 5.08. The molecule has 0 spiro atoms. The van der Waals surface area contributed by atoms with Gasteiger partial charge in [0.15, 0.2) is 0 Å². The number of allylic oxidation sites excluding steroid dienone is 1. The largest absolute Gasteiger partial charge is 0.369 e. The Morgan fingerprint density at radius 3 is 2.54 bits per heavy atom. The molecule has 0 aromatic heterocycles. The molecule has 1 aliphatic heterocycles. The molecule has 0 amide bonds. The highest BCUT2D eigenvalue weighted by atomic mass is 16.6. The van der Waals surface area contributed by atoms with Crippen molar-refractivity contribution in [2.45, 2.75) is 58.0 Å². The van der Waals surface area contributed by atoms with E-state index >= 15 is 0 Å². The summed E-state index contributed by atoms with van der Waals surface area (Å²) in [5, 5.41) is 0. The van der Waals surface area contributed by atoms with Crippen molar-refractivity contribution < 1.29 is 4.74 Å². The first-order chi connectivity index (χ1) is 6.43. The van der Waals surface area contributed by atoms with Crippen LogP contribution in [0.15, 0.2) is 12.2 Å². The van der Waals surface area contributed by atoms with Gasteiger partial charge in [0, 0.05) is 0 Å². The predicted octanol–water partition coefficient (Wildman–Crippen LogP) is 3.69. The number of ether oxygens (including phenoxy) is 1. The van der Waals surface area contributed by atoms with E-state index in [-0.39, 0.29) is 0 Å². The average molecular weight is 182 g/mol. The summed E-state index contributed by atoms with van der Waals surface area (Å²) in [4.78, 5) is 0. The fraction of sp³-hybridized carbons (Fsp3) is 0.833. The van der Waals surface area contributed by atoms with Crippen molar-refractivity contribution in [3.8, 4) is 0 Å². The highest BCUT2D eigenvalue weighted by molar-refractivity contribution is 4.95. The summed E-state index contributed by atoms with van der Waals surface area (Å²) in [5.41, 5.74) is 0. The van der Waals surface area contributed by atoms with Crippen LogP contribution in [0.25, 0.3) is 0 Å². The summed E-state index contributed by atoms with van der Waals surface area (Å²) in [6.45, 7) is 3.21. The van der Waals surface area contributed by atoms with Gasteiger partial charge in [0.2, 0.25) is 0 Å². The number of rotatable bonds is 8. The fourth-order valence-corrected chi connectivity index (χ4v) is 1.46. The number of unbranched alkanes of at least 4 members (excludes halogenated alkanes) is 6. The van der Waals surface area contributed by atoms with Gasteiger partial charge in [-0.1, -0.05) is 51.2 Å². The van der Waals surface area contributed by atoms with Crippen LogP contribution in [-0.4, -0.2) is 12.7 Å². The Morgan fingerprint density at radius 1 is 1.15 bits per heavy atom. The van der Waals surface area contributed by atoms with Gasteiger partial charge in [-0.15, -0.1) is 0 Å². The van der Waals surface area contributed by atoms with E-state index in [9.17, 15) is 0 Å². The molecule has 0 bridgehead atoms. The molecule has 0 aromatic rings. The van der Waals surface area contributed by atoms with E-state index in [0.29, 0.717) is 6.10 Å². The van der Waals surface area contributed by atoms with Gasteiger partial charge in [-0.25, -0.2) is 0 Å². The first-order valence-corrected chi connectivity index (χ1v) is 5.71. The van der Waals surface area contributed by atoms with Crippen molar-refractivity contribution in [1.82, 2.24) is 0 Å². The second-order valence-corrected chi connectivity index (χ2v) is 3.86. The number of hydrogen-bond acceptors (Lipinski definition) is 1. The molecule has 1 atom stereocenters. The Bertz CT molecular complexity index is 136. The van der Waals surface area contributed by atoms with Crippen LogP contribution in [0.2, 0.25) is 0 Å². The first kappa shape index (κ1) is 10.8. The van der Waals surface area contributed by atoms with E-state index in [1.54, 1.807) is 0 Å². The summed E-state index contributed by atoms with van der Waals surface area (Å²) in [7, 11) is 0. The zero-order chi connectivity index (χ0) is 9.36. The molecule has 1 heteroatoms. The summed E-state index contributed by atoms with van der Waals surface area (Å²) in [6, 6.07) is 0. The van der Waals surface area contributed by atoms with Crippen LogP contribution in [-0.2, 0) is 4.74 Å². The molecule has 1 unspecified atom stereocenters. The number of epoxide rings is 1. The van der Waals surface area contributed by atoms with Gasteiger partial charge in [0.05, 0.1) is 12.7 Å². The third-order valence-electron chi connectivity index (χ3n) is 2.43. The standard InChI is InChI=1S/C12H22O/c1-2-3-4-5-6-7-8-9-10-12-11-13-12/h9-10,12H,2-8,11H2,1H3/b10-9+. The zero-order valence-corrected chi connectivity index (χ0v) is 8.80. The van der Waals surface area contributed by atoms with Crippen molar-refractivity contribution >= 4 is 0 Å². The lowest BCUT2D eigenvalue weighted by molar-refractivity contribution is 0.439. The second kappa shape index (κ2) is 7.14. The summed E-state index contributed by atoms with van der Waals surface area (Å²) < 4.78 is 5.08. The van der Waals surface area contributed by atoms with Crippen LogP contribution in [0, 0.1) is 0 Å². The molecule has 0 radical (unpaired) electrons. The van der Waals surface area contributed by atoms with Crippen LogP contribution >= 0.6 is 0 Å². The summed E-state index contributed by atoms with van der Waals surface area (Å²) in [6.07, 6.45) is 14.5. The lowest BCUT2D eigenvalue weighted by Gasteiger charge is -1.97. The van der Waals surface area contributed by atoms with Gasteiger partial charge < -0.3 is 4.74 Å². The van der Waals surface area contributed by atoms with Crippen molar-refractivity contribution in [1.29, 1.82) is 0 Å². The summed E-state index contributed by atoms with van der Waals surface area (Å²) >= 11 is 0. The molecule has 1 saturated heterocycles. The van der Waals surface area contributed by atoms with Crippen LogP contribution in [0.4, 0.5) is 0 Å². The Labute approximate surface area is 82.2 Å². The van der Waals surface area contributed by atoms with E-state index < -0.39 is 0 Å². The van der Waals surface area contributed by atoms with Crippen LogP contribution in [0.3, 0.4) is 0 Å². The van der Waals surface area contributed by atoms with E-state index in [1.165, 1.54) is 44.9 Å². The lowest BCUT2D eigenvalue weighted by Crippen LogP contribution is -1.78. The monoisotopic (exact) mass is 182 g/mol. The number of hydrogen-bond donors (Lipinski definition) is 0. The fourth-order valence-electron chi connectivity index (χ4n) is 1.46. The third-order valence-corrected chi connectivity index (χ3v) is 2.43. The Balaban J connectivity index is 1.73. The van der Waals surface area contributed by atoms with E-state index in [1.807, 2.05) is 0 Å². The molecular formula is C12H22O. The van der Waals surface area contributed by atoms with Crippen LogP contribution in [0.1, 0.15) is 51.9 Å². The maximum Gasteiger partial charge on any atom is 0.0991 e. The molecule has 0 N–H and O–H groups in total. The molecule has 0 aliphatic carbocycles. The van der Waals surface area contributed by atoms with Gasteiger partial charge in [-0.2, -0.15) is 0 Å². The molecule has 1 heterocycles. The molecule has 1 fully saturated rings. The Morgan fingerprint density at radius 2 is 1.85 bits per heavy atom. The first-order valence-electron chi connectivity index (χ1n) is 5.71. The molecule has 1 aliphatic rings. The zero-order valence-electron chi connectivity index (χ0n) is 8.80. The van der Waals surface area contributed by atoms with Gasteiger partial charge in [0.1, 0.15) is 0 Å². The highest BCUT2D eigenvalue weighted by Crippen LogP contribution is 2.12. The van der Waals surface area contributed by atoms with E-state index in [4.69, 9.17) is 4.74 Å².